The number of nitrogens with one attached hydrogen (secondary N) is 1. The van der Waals surface area contributed by atoms with Gasteiger partial charge in [0.05, 0.1) is 0 Å². The third kappa shape index (κ3) is 3.89. The quantitative estimate of drug-likeness (QED) is 0.627. The Balaban J connectivity index is 0. The predicted octanol–water partition coefficient (Wildman–Crippen LogP) is 2.67. The van der Waals surface area contributed by atoms with Crippen LogP contribution in [0.4, 0.5) is 0 Å². The Morgan fingerprint density at radius 2 is 1.90 bits per heavy atom. The fourth-order valence-electron chi connectivity index (χ4n) is 0.927. The van der Waals surface area contributed by atoms with Crippen molar-refractivity contribution in [3.63, 3.8) is 0 Å². The highest BCUT2D eigenvalue weighted by atomic mass is 14.9. The van der Waals surface area contributed by atoms with Gasteiger partial charge in [-0.1, -0.05) is 27.2 Å². The molecule has 0 saturated carbocycles. The van der Waals surface area contributed by atoms with Gasteiger partial charge in [-0.2, -0.15) is 0 Å². The summed E-state index contributed by atoms with van der Waals surface area (Å²) in [7, 11) is 0. The van der Waals surface area contributed by atoms with Crippen LogP contribution in [0.25, 0.3) is 0 Å². The van der Waals surface area contributed by atoms with Gasteiger partial charge in [-0.15, -0.1) is 0 Å². The highest BCUT2D eigenvalue weighted by Crippen LogP contribution is 2.05. The highest BCUT2D eigenvalue weighted by Gasteiger charge is 2.07. The van der Waals surface area contributed by atoms with Gasteiger partial charge in [0.2, 0.25) is 0 Å². The van der Waals surface area contributed by atoms with Crippen LogP contribution in [0, 0.1) is 5.92 Å². The van der Waals surface area contributed by atoms with Crippen LogP contribution in [0.1, 0.15) is 42.0 Å². The molecule has 2 unspecified atom stereocenters. The standard InChI is InChI=1S/C9H21N.H2/c1-5-7-10-9(4)8(3)6-2;/h8-10H,5-7H2,1-4H3;1H. The summed E-state index contributed by atoms with van der Waals surface area (Å²) in [6.07, 6.45) is 2.51. The van der Waals surface area contributed by atoms with Crippen LogP contribution in [0.2, 0.25) is 0 Å². The summed E-state index contributed by atoms with van der Waals surface area (Å²) in [4.78, 5) is 0. The fourth-order valence-corrected chi connectivity index (χ4v) is 0.927. The Kier molecular flexibility index (Phi) is 5.70. The molecule has 1 nitrogen and oxygen atoms in total. The Morgan fingerprint density at radius 3 is 2.30 bits per heavy atom. The minimum absolute atomic E-state index is 0. The molecular formula is C9H23N. The van der Waals surface area contributed by atoms with E-state index in [-0.39, 0.29) is 1.43 Å². The van der Waals surface area contributed by atoms with E-state index in [4.69, 9.17) is 0 Å². The number of hydrogen-bond donors (Lipinski definition) is 1. The summed E-state index contributed by atoms with van der Waals surface area (Å²) < 4.78 is 0. The van der Waals surface area contributed by atoms with Crippen LogP contribution >= 0.6 is 0 Å². The lowest BCUT2D eigenvalue weighted by Crippen LogP contribution is -2.32. The maximum Gasteiger partial charge on any atom is 0.00642 e. The molecule has 0 saturated heterocycles. The van der Waals surface area contributed by atoms with Crippen molar-refractivity contribution in [2.45, 2.75) is 46.6 Å². The third-order valence-electron chi connectivity index (χ3n) is 2.21. The van der Waals surface area contributed by atoms with Crippen molar-refractivity contribution < 1.29 is 1.43 Å². The van der Waals surface area contributed by atoms with E-state index in [1.165, 1.54) is 12.8 Å². The fraction of sp³-hybridized carbons (Fsp3) is 1.00. The summed E-state index contributed by atoms with van der Waals surface area (Å²) in [5, 5.41) is 3.48. The zero-order chi connectivity index (χ0) is 7.98. The van der Waals surface area contributed by atoms with E-state index in [1.807, 2.05) is 0 Å². The molecule has 0 fully saturated rings. The first-order valence-electron chi connectivity index (χ1n) is 4.45. The first-order chi connectivity index (χ1) is 4.72. The molecule has 1 N–H and O–H groups in total. The van der Waals surface area contributed by atoms with Gasteiger partial charge in [0, 0.05) is 7.47 Å². The van der Waals surface area contributed by atoms with E-state index in [9.17, 15) is 0 Å². The largest absolute Gasteiger partial charge is 0.314 e. The zero-order valence-electron chi connectivity index (χ0n) is 7.78. The molecule has 0 spiro atoms. The van der Waals surface area contributed by atoms with Crippen molar-refractivity contribution in [2.24, 2.45) is 5.92 Å². The maximum absolute atomic E-state index is 3.48. The molecule has 0 aliphatic heterocycles. The van der Waals surface area contributed by atoms with Crippen LogP contribution in [-0.2, 0) is 0 Å². The first kappa shape index (κ1) is 9.96. The van der Waals surface area contributed by atoms with Crippen LogP contribution < -0.4 is 5.32 Å². The van der Waals surface area contributed by atoms with E-state index in [0.717, 1.165) is 12.5 Å². The van der Waals surface area contributed by atoms with Gasteiger partial charge < -0.3 is 5.32 Å². The number of rotatable bonds is 5. The van der Waals surface area contributed by atoms with Crippen LogP contribution in [-0.4, -0.2) is 12.6 Å². The van der Waals surface area contributed by atoms with Crippen molar-refractivity contribution in [1.29, 1.82) is 0 Å². The summed E-state index contributed by atoms with van der Waals surface area (Å²) >= 11 is 0. The molecule has 0 aromatic rings. The Morgan fingerprint density at radius 1 is 1.30 bits per heavy atom. The molecule has 0 aromatic carbocycles. The molecule has 0 aliphatic carbocycles. The molecule has 0 rings (SSSR count). The van der Waals surface area contributed by atoms with E-state index in [2.05, 4.69) is 33.0 Å². The van der Waals surface area contributed by atoms with Gasteiger partial charge in [-0.05, 0) is 25.8 Å². The van der Waals surface area contributed by atoms with Gasteiger partial charge in [0.1, 0.15) is 0 Å². The van der Waals surface area contributed by atoms with Gasteiger partial charge in [-0.25, -0.2) is 0 Å². The van der Waals surface area contributed by atoms with Gasteiger partial charge in [0.25, 0.3) is 0 Å². The average molecular weight is 145 g/mol. The Hall–Kier alpha value is -0.0400. The SMILES string of the molecule is CCCNC(C)C(C)CC.[HH]. The smallest absolute Gasteiger partial charge is 0.00642 e. The summed E-state index contributed by atoms with van der Waals surface area (Å²) in [6, 6.07) is 0.685. The van der Waals surface area contributed by atoms with Crippen molar-refractivity contribution in [1.82, 2.24) is 5.32 Å². The predicted molar refractivity (Wildman–Crippen MR) is 49.3 cm³/mol. The molecule has 1 heteroatoms. The van der Waals surface area contributed by atoms with Crippen molar-refractivity contribution >= 4 is 0 Å². The lowest BCUT2D eigenvalue weighted by atomic mass is 10.0. The molecule has 64 valence electrons. The second kappa shape index (κ2) is 5.72. The lowest BCUT2D eigenvalue weighted by Gasteiger charge is -2.19. The Bertz CT molecular complexity index is 76.0. The highest BCUT2D eigenvalue weighted by molar-refractivity contribution is 4.65. The first-order valence-corrected chi connectivity index (χ1v) is 4.45. The summed E-state index contributed by atoms with van der Waals surface area (Å²) in [5.74, 6) is 0.812. The van der Waals surface area contributed by atoms with Gasteiger partial charge in [0.15, 0.2) is 0 Å². The third-order valence-corrected chi connectivity index (χ3v) is 2.21. The minimum Gasteiger partial charge on any atom is -0.314 e. The monoisotopic (exact) mass is 145 g/mol. The molecule has 2 atom stereocenters. The van der Waals surface area contributed by atoms with Gasteiger partial charge in [-0.3, -0.25) is 0 Å². The van der Waals surface area contributed by atoms with Crippen LogP contribution in [0.3, 0.4) is 0 Å². The topological polar surface area (TPSA) is 12.0 Å². The van der Waals surface area contributed by atoms with E-state index < -0.39 is 0 Å². The second-order valence-corrected chi connectivity index (χ2v) is 3.13. The number of hydrogen-bond acceptors (Lipinski definition) is 1. The minimum atomic E-state index is 0. The molecule has 0 aliphatic rings. The van der Waals surface area contributed by atoms with Crippen molar-refractivity contribution in [2.75, 3.05) is 6.54 Å². The molecule has 0 aromatic heterocycles. The van der Waals surface area contributed by atoms with E-state index >= 15 is 0 Å². The van der Waals surface area contributed by atoms with Gasteiger partial charge >= 0.3 is 0 Å². The molecule has 0 bridgehead atoms. The van der Waals surface area contributed by atoms with E-state index in [1.54, 1.807) is 0 Å². The van der Waals surface area contributed by atoms with Crippen molar-refractivity contribution in [3.05, 3.63) is 0 Å². The molecule has 0 radical (unpaired) electrons. The van der Waals surface area contributed by atoms with Crippen molar-refractivity contribution in [3.8, 4) is 0 Å². The average Bonchev–Trinajstić information content (AvgIpc) is 1.98. The van der Waals surface area contributed by atoms with Crippen LogP contribution in [0.15, 0.2) is 0 Å². The maximum atomic E-state index is 3.48. The van der Waals surface area contributed by atoms with E-state index in [0.29, 0.717) is 6.04 Å². The summed E-state index contributed by atoms with van der Waals surface area (Å²) in [5.41, 5.74) is 0. The zero-order valence-corrected chi connectivity index (χ0v) is 7.78. The molecule has 0 amide bonds. The second-order valence-electron chi connectivity index (χ2n) is 3.13. The summed E-state index contributed by atoms with van der Waals surface area (Å²) in [6.45, 7) is 10.2. The Labute approximate surface area is 66.7 Å². The van der Waals surface area contributed by atoms with Crippen LogP contribution in [0.5, 0.6) is 0 Å². The molecule has 10 heavy (non-hydrogen) atoms. The normalized spacial score (nSPS) is 16.8. The molecule has 0 heterocycles. The molecular weight excluding hydrogens is 122 g/mol. The lowest BCUT2D eigenvalue weighted by molar-refractivity contribution is 0.391.